The molecule has 5 heteroatoms. The van der Waals surface area contributed by atoms with E-state index in [9.17, 15) is 9.59 Å². The van der Waals surface area contributed by atoms with Crippen LogP contribution in [-0.4, -0.2) is 25.2 Å². The monoisotopic (exact) mass is 182 g/mol. The van der Waals surface area contributed by atoms with Gasteiger partial charge in [0, 0.05) is 0 Å². The summed E-state index contributed by atoms with van der Waals surface area (Å²) in [7, 11) is 0. The van der Waals surface area contributed by atoms with Gasteiger partial charge in [-0.1, -0.05) is 0 Å². The minimum absolute atomic E-state index is 0.0221. The highest BCUT2D eigenvalue weighted by molar-refractivity contribution is 5.91. The van der Waals surface area contributed by atoms with Crippen molar-refractivity contribution in [3.8, 4) is 0 Å². The van der Waals surface area contributed by atoms with E-state index in [2.05, 4.69) is 0 Å². The second-order valence-corrected chi connectivity index (χ2v) is 2.44. The van der Waals surface area contributed by atoms with Crippen molar-refractivity contribution in [2.45, 2.75) is 0 Å². The molecule has 0 atom stereocenters. The van der Waals surface area contributed by atoms with Crippen LogP contribution in [0.3, 0.4) is 0 Å². The molecule has 5 nitrogen and oxygen atoms in total. The fourth-order valence-corrected chi connectivity index (χ4v) is 0.968. The summed E-state index contributed by atoms with van der Waals surface area (Å²) in [4.78, 5) is 22.1. The quantitative estimate of drug-likeness (QED) is 0.550. The SMILES string of the molecule is O=C1OCCOC(=O)c2ccc1o2. The average Bonchev–Trinajstić information content (AvgIpc) is 2.60. The Balaban J connectivity index is 2.37. The minimum atomic E-state index is -0.579. The van der Waals surface area contributed by atoms with E-state index in [1.54, 1.807) is 0 Å². The van der Waals surface area contributed by atoms with Crippen LogP contribution in [0.2, 0.25) is 0 Å². The number of ether oxygens (including phenoxy) is 2. The molecule has 1 aliphatic rings. The van der Waals surface area contributed by atoms with Crippen molar-refractivity contribution in [1.82, 2.24) is 0 Å². The molecule has 0 N–H and O–H groups in total. The van der Waals surface area contributed by atoms with Crippen LogP contribution in [0, 0.1) is 0 Å². The Morgan fingerprint density at radius 1 is 0.923 bits per heavy atom. The van der Waals surface area contributed by atoms with Crippen LogP contribution < -0.4 is 0 Å². The molecule has 2 heterocycles. The summed E-state index contributed by atoms with van der Waals surface area (Å²) in [6.45, 7) is 0.108. The van der Waals surface area contributed by atoms with Gasteiger partial charge in [0.25, 0.3) is 0 Å². The van der Waals surface area contributed by atoms with Gasteiger partial charge in [0.2, 0.25) is 11.5 Å². The Kier molecular flexibility index (Phi) is 1.77. The molecule has 0 radical (unpaired) electrons. The van der Waals surface area contributed by atoms with E-state index >= 15 is 0 Å². The average molecular weight is 182 g/mol. The third-order valence-electron chi connectivity index (χ3n) is 1.56. The summed E-state index contributed by atoms with van der Waals surface area (Å²) in [5.41, 5.74) is 0. The highest BCUT2D eigenvalue weighted by Gasteiger charge is 2.19. The van der Waals surface area contributed by atoms with Crippen LogP contribution in [0.1, 0.15) is 21.1 Å². The Hall–Kier alpha value is -1.78. The predicted octanol–water partition coefficient (Wildman–Crippen LogP) is 0.607. The molecule has 0 spiro atoms. The molecule has 1 aliphatic heterocycles. The van der Waals surface area contributed by atoms with Gasteiger partial charge in [-0.15, -0.1) is 0 Å². The van der Waals surface area contributed by atoms with Crippen LogP contribution in [0.5, 0.6) is 0 Å². The molecular formula is C8H6O5. The van der Waals surface area contributed by atoms with Gasteiger partial charge in [-0.25, -0.2) is 9.59 Å². The second kappa shape index (κ2) is 2.93. The number of esters is 2. The van der Waals surface area contributed by atoms with Crippen LogP contribution in [-0.2, 0) is 9.47 Å². The summed E-state index contributed by atoms with van der Waals surface area (Å²) < 4.78 is 14.3. The number of rotatable bonds is 0. The largest absolute Gasteiger partial charge is 0.456 e. The van der Waals surface area contributed by atoms with Gasteiger partial charge in [0.05, 0.1) is 0 Å². The zero-order valence-corrected chi connectivity index (χ0v) is 6.61. The lowest BCUT2D eigenvalue weighted by molar-refractivity contribution is 0.0274. The zero-order chi connectivity index (χ0) is 9.26. The highest BCUT2D eigenvalue weighted by atomic mass is 16.6. The summed E-state index contributed by atoms with van der Waals surface area (Å²) in [5.74, 6) is -1.11. The number of carbonyl (C=O) groups excluding carboxylic acids is 2. The molecule has 2 rings (SSSR count). The predicted molar refractivity (Wildman–Crippen MR) is 39.3 cm³/mol. The maximum absolute atomic E-state index is 11.1. The molecule has 0 saturated heterocycles. The third kappa shape index (κ3) is 1.40. The lowest BCUT2D eigenvalue weighted by Crippen LogP contribution is -2.11. The first kappa shape index (κ1) is 7.85. The first-order valence-electron chi connectivity index (χ1n) is 3.71. The second-order valence-electron chi connectivity index (χ2n) is 2.44. The van der Waals surface area contributed by atoms with Crippen molar-refractivity contribution in [3.05, 3.63) is 23.7 Å². The highest BCUT2D eigenvalue weighted by Crippen LogP contribution is 2.12. The number of fused-ring (bicyclic) bond motifs is 2. The Labute approximate surface area is 73.2 Å². The Morgan fingerprint density at radius 2 is 1.38 bits per heavy atom. The lowest BCUT2D eigenvalue weighted by Gasteiger charge is -2.01. The van der Waals surface area contributed by atoms with Crippen molar-refractivity contribution in [3.63, 3.8) is 0 Å². The maximum Gasteiger partial charge on any atom is 0.374 e. The first-order valence-corrected chi connectivity index (χ1v) is 3.71. The number of hydrogen-bond acceptors (Lipinski definition) is 5. The van der Waals surface area contributed by atoms with Crippen molar-refractivity contribution in [1.29, 1.82) is 0 Å². The zero-order valence-electron chi connectivity index (χ0n) is 6.61. The fourth-order valence-electron chi connectivity index (χ4n) is 0.968. The van der Waals surface area contributed by atoms with Crippen LogP contribution in [0.15, 0.2) is 16.5 Å². The van der Waals surface area contributed by atoms with E-state index in [1.807, 2.05) is 0 Å². The first-order chi connectivity index (χ1) is 6.27. The lowest BCUT2D eigenvalue weighted by atomic mass is 10.4. The Bertz CT molecular complexity index is 319. The third-order valence-corrected chi connectivity index (χ3v) is 1.56. The summed E-state index contributed by atoms with van der Waals surface area (Å²) in [5, 5.41) is 0. The molecule has 0 fully saturated rings. The van der Waals surface area contributed by atoms with Crippen LogP contribution in [0.4, 0.5) is 0 Å². The van der Waals surface area contributed by atoms with Crippen LogP contribution >= 0.6 is 0 Å². The van der Waals surface area contributed by atoms with Gasteiger partial charge in [0.1, 0.15) is 13.2 Å². The molecule has 1 aromatic heterocycles. The van der Waals surface area contributed by atoms with Gasteiger partial charge < -0.3 is 13.9 Å². The van der Waals surface area contributed by atoms with Crippen molar-refractivity contribution < 1.29 is 23.5 Å². The minimum Gasteiger partial charge on any atom is -0.456 e. The molecule has 0 aliphatic carbocycles. The summed E-state index contributed by atoms with van der Waals surface area (Å²) in [6, 6.07) is 2.76. The molecule has 0 amide bonds. The molecule has 0 unspecified atom stereocenters. The van der Waals surface area contributed by atoms with Gasteiger partial charge in [0.15, 0.2) is 0 Å². The van der Waals surface area contributed by atoms with Gasteiger partial charge in [-0.05, 0) is 12.1 Å². The smallest absolute Gasteiger partial charge is 0.374 e. The fraction of sp³-hybridized carbons (Fsp3) is 0.250. The molecular weight excluding hydrogens is 176 g/mol. The number of cyclic esters (lactones) is 2. The molecule has 0 aromatic carbocycles. The van der Waals surface area contributed by atoms with E-state index in [4.69, 9.17) is 13.9 Å². The van der Waals surface area contributed by atoms with Crippen molar-refractivity contribution in [2.75, 3.05) is 13.2 Å². The van der Waals surface area contributed by atoms with Gasteiger partial charge >= 0.3 is 11.9 Å². The van der Waals surface area contributed by atoms with Gasteiger partial charge in [-0.3, -0.25) is 0 Å². The number of carbonyl (C=O) groups is 2. The normalized spacial score (nSPS) is 16.6. The van der Waals surface area contributed by atoms with E-state index in [-0.39, 0.29) is 24.7 Å². The summed E-state index contributed by atoms with van der Waals surface area (Å²) >= 11 is 0. The Morgan fingerprint density at radius 3 is 1.85 bits per heavy atom. The maximum atomic E-state index is 11.1. The van der Waals surface area contributed by atoms with E-state index in [0.29, 0.717) is 0 Å². The van der Waals surface area contributed by atoms with E-state index < -0.39 is 11.9 Å². The molecule has 13 heavy (non-hydrogen) atoms. The topological polar surface area (TPSA) is 65.7 Å². The molecule has 1 aromatic rings. The molecule has 0 saturated carbocycles. The van der Waals surface area contributed by atoms with E-state index in [1.165, 1.54) is 12.1 Å². The van der Waals surface area contributed by atoms with Gasteiger partial charge in [-0.2, -0.15) is 0 Å². The van der Waals surface area contributed by atoms with Crippen molar-refractivity contribution in [2.24, 2.45) is 0 Å². The van der Waals surface area contributed by atoms with Crippen LogP contribution in [0.25, 0.3) is 0 Å². The van der Waals surface area contributed by atoms with Crippen molar-refractivity contribution >= 4 is 11.9 Å². The van der Waals surface area contributed by atoms with E-state index in [0.717, 1.165) is 0 Å². The number of furan rings is 1. The summed E-state index contributed by atoms with van der Waals surface area (Å²) in [6.07, 6.45) is 0. The number of hydrogen-bond donors (Lipinski definition) is 0. The molecule has 2 bridgehead atoms. The molecule has 68 valence electrons. The standard InChI is InChI=1S/C8H6O5/c9-7-5-1-2-6(13-5)8(10)12-4-3-11-7/h1-2H,3-4H2.